The van der Waals surface area contributed by atoms with Crippen LogP contribution in [0.1, 0.15) is 17.4 Å². The maximum Gasteiger partial charge on any atom is 0.354 e. The first-order valence-electron chi connectivity index (χ1n) is 5.19. The molecule has 1 aromatic carbocycles. The van der Waals surface area contributed by atoms with Gasteiger partial charge in [-0.25, -0.2) is 4.79 Å². The number of halogens is 1. The van der Waals surface area contributed by atoms with E-state index in [0.717, 1.165) is 5.56 Å². The van der Waals surface area contributed by atoms with Crippen LogP contribution in [0.5, 0.6) is 0 Å². The molecule has 0 bridgehead atoms. The number of carboxylic acids is 1. The maximum absolute atomic E-state index is 11.0. The van der Waals surface area contributed by atoms with Crippen LogP contribution in [0.2, 0.25) is 5.02 Å². The monoisotopic (exact) mass is 250 g/mol. The SMILES string of the molecule is CCn1nc(-c2ccccc2Cl)cc1C(=O)O. The normalized spacial score (nSPS) is 10.5. The number of aromatic nitrogens is 2. The lowest BCUT2D eigenvalue weighted by molar-refractivity contribution is 0.0683. The molecular formula is C12H11ClN2O2. The molecule has 1 aromatic heterocycles. The fourth-order valence-electron chi connectivity index (χ4n) is 1.63. The highest BCUT2D eigenvalue weighted by atomic mass is 35.5. The zero-order valence-electron chi connectivity index (χ0n) is 9.22. The lowest BCUT2D eigenvalue weighted by Gasteiger charge is -1.99. The molecule has 0 atom stereocenters. The molecule has 88 valence electrons. The number of nitrogens with zero attached hydrogens (tertiary/aromatic N) is 2. The number of benzene rings is 1. The second kappa shape index (κ2) is 4.59. The van der Waals surface area contributed by atoms with Crippen LogP contribution < -0.4 is 0 Å². The molecule has 0 fully saturated rings. The van der Waals surface area contributed by atoms with Crippen molar-refractivity contribution in [2.24, 2.45) is 0 Å². The van der Waals surface area contributed by atoms with Gasteiger partial charge in [-0.05, 0) is 19.1 Å². The second-order valence-electron chi connectivity index (χ2n) is 3.52. The Morgan fingerprint density at radius 3 is 2.71 bits per heavy atom. The summed E-state index contributed by atoms with van der Waals surface area (Å²) < 4.78 is 1.45. The van der Waals surface area contributed by atoms with Crippen molar-refractivity contribution in [1.29, 1.82) is 0 Å². The fraction of sp³-hybridized carbons (Fsp3) is 0.167. The van der Waals surface area contributed by atoms with Crippen LogP contribution in [0.15, 0.2) is 30.3 Å². The van der Waals surface area contributed by atoms with Gasteiger partial charge in [0.25, 0.3) is 0 Å². The summed E-state index contributed by atoms with van der Waals surface area (Å²) in [6, 6.07) is 8.76. The quantitative estimate of drug-likeness (QED) is 0.911. The zero-order chi connectivity index (χ0) is 12.4. The third-order valence-electron chi connectivity index (χ3n) is 2.45. The van der Waals surface area contributed by atoms with E-state index in [4.69, 9.17) is 16.7 Å². The van der Waals surface area contributed by atoms with Crippen LogP contribution >= 0.6 is 11.6 Å². The molecule has 5 heteroatoms. The molecule has 0 spiro atoms. The molecule has 0 aliphatic rings. The van der Waals surface area contributed by atoms with Crippen molar-refractivity contribution in [2.75, 3.05) is 0 Å². The zero-order valence-corrected chi connectivity index (χ0v) is 9.98. The van der Waals surface area contributed by atoms with E-state index in [9.17, 15) is 4.79 Å². The van der Waals surface area contributed by atoms with Gasteiger partial charge in [-0.1, -0.05) is 29.8 Å². The number of hydrogen-bond acceptors (Lipinski definition) is 2. The Morgan fingerprint density at radius 2 is 2.18 bits per heavy atom. The molecule has 1 N–H and O–H groups in total. The first-order chi connectivity index (χ1) is 8.13. The largest absolute Gasteiger partial charge is 0.477 e. The van der Waals surface area contributed by atoms with Crippen LogP contribution in [0, 0.1) is 0 Å². The third kappa shape index (κ3) is 2.17. The number of carbonyl (C=O) groups is 1. The molecule has 1 heterocycles. The van der Waals surface area contributed by atoms with Crippen LogP contribution in [-0.4, -0.2) is 20.9 Å². The number of hydrogen-bond donors (Lipinski definition) is 1. The molecule has 2 rings (SSSR count). The van der Waals surface area contributed by atoms with Crippen LogP contribution in [0.25, 0.3) is 11.3 Å². The number of aromatic carboxylic acids is 1. The van der Waals surface area contributed by atoms with Gasteiger partial charge in [-0.15, -0.1) is 0 Å². The Labute approximate surface area is 103 Å². The Kier molecular flexibility index (Phi) is 3.15. The highest BCUT2D eigenvalue weighted by molar-refractivity contribution is 6.33. The summed E-state index contributed by atoms with van der Waals surface area (Å²) in [6.45, 7) is 2.35. The first kappa shape index (κ1) is 11.7. The van der Waals surface area contributed by atoms with Gasteiger partial charge in [0, 0.05) is 12.1 Å². The van der Waals surface area contributed by atoms with Gasteiger partial charge >= 0.3 is 5.97 Å². The van der Waals surface area contributed by atoms with Gasteiger partial charge in [-0.2, -0.15) is 5.10 Å². The van der Waals surface area contributed by atoms with Crippen molar-refractivity contribution in [2.45, 2.75) is 13.5 Å². The second-order valence-corrected chi connectivity index (χ2v) is 3.92. The molecule has 4 nitrogen and oxygen atoms in total. The van der Waals surface area contributed by atoms with Gasteiger partial charge in [0.2, 0.25) is 0 Å². The summed E-state index contributed by atoms with van der Waals surface area (Å²) in [7, 11) is 0. The summed E-state index contributed by atoms with van der Waals surface area (Å²) in [5.41, 5.74) is 1.49. The first-order valence-corrected chi connectivity index (χ1v) is 5.57. The molecule has 0 saturated carbocycles. The third-order valence-corrected chi connectivity index (χ3v) is 2.78. The van der Waals surface area contributed by atoms with Crippen molar-refractivity contribution >= 4 is 17.6 Å². The fourth-order valence-corrected chi connectivity index (χ4v) is 1.86. The van der Waals surface area contributed by atoms with Crippen LogP contribution in [-0.2, 0) is 6.54 Å². The minimum Gasteiger partial charge on any atom is -0.477 e. The predicted octanol–water partition coefficient (Wildman–Crippen LogP) is 2.92. The predicted molar refractivity (Wildman–Crippen MR) is 65.3 cm³/mol. The van der Waals surface area contributed by atoms with E-state index in [2.05, 4.69) is 5.10 Å². The lowest BCUT2D eigenvalue weighted by atomic mass is 10.1. The van der Waals surface area contributed by atoms with Crippen molar-refractivity contribution in [1.82, 2.24) is 9.78 Å². The van der Waals surface area contributed by atoms with Crippen LogP contribution in [0.4, 0.5) is 0 Å². The average molecular weight is 251 g/mol. The van der Waals surface area contributed by atoms with Crippen molar-refractivity contribution in [3.8, 4) is 11.3 Å². The van der Waals surface area contributed by atoms with Crippen molar-refractivity contribution in [3.05, 3.63) is 41.0 Å². The van der Waals surface area contributed by atoms with Gasteiger partial charge in [0.1, 0.15) is 5.69 Å². The smallest absolute Gasteiger partial charge is 0.354 e. The minimum absolute atomic E-state index is 0.169. The standard InChI is InChI=1S/C12H11ClN2O2/c1-2-15-11(12(16)17)7-10(14-15)8-5-3-4-6-9(8)13/h3-7H,2H2,1H3,(H,16,17). The molecule has 0 unspecified atom stereocenters. The van der Waals surface area contributed by atoms with Gasteiger partial charge in [0.15, 0.2) is 0 Å². The van der Waals surface area contributed by atoms with E-state index in [0.29, 0.717) is 17.3 Å². The molecule has 17 heavy (non-hydrogen) atoms. The van der Waals surface area contributed by atoms with Crippen LogP contribution in [0.3, 0.4) is 0 Å². The summed E-state index contributed by atoms with van der Waals surface area (Å²) in [5, 5.41) is 13.8. The maximum atomic E-state index is 11.0. The summed E-state index contributed by atoms with van der Waals surface area (Å²) in [4.78, 5) is 11.0. The number of rotatable bonds is 3. The molecule has 0 amide bonds. The Hall–Kier alpha value is -1.81. The number of aryl methyl sites for hydroxylation is 1. The average Bonchev–Trinajstić information content (AvgIpc) is 2.73. The van der Waals surface area contributed by atoms with Crippen molar-refractivity contribution in [3.63, 3.8) is 0 Å². The van der Waals surface area contributed by atoms with E-state index in [1.807, 2.05) is 25.1 Å². The lowest BCUT2D eigenvalue weighted by Crippen LogP contribution is -2.08. The summed E-state index contributed by atoms with van der Waals surface area (Å²) in [6.07, 6.45) is 0. The van der Waals surface area contributed by atoms with Gasteiger partial charge in [0.05, 0.1) is 10.7 Å². The van der Waals surface area contributed by atoms with E-state index >= 15 is 0 Å². The van der Waals surface area contributed by atoms with E-state index in [-0.39, 0.29) is 5.69 Å². The Morgan fingerprint density at radius 1 is 1.47 bits per heavy atom. The Bertz CT molecular complexity index is 563. The summed E-state index contributed by atoms with van der Waals surface area (Å²) in [5.74, 6) is -0.988. The highest BCUT2D eigenvalue weighted by Crippen LogP contribution is 2.26. The van der Waals surface area contributed by atoms with Gasteiger partial charge in [-0.3, -0.25) is 4.68 Å². The van der Waals surface area contributed by atoms with E-state index in [1.54, 1.807) is 6.07 Å². The van der Waals surface area contributed by atoms with E-state index in [1.165, 1.54) is 10.7 Å². The molecule has 0 aliphatic heterocycles. The van der Waals surface area contributed by atoms with Gasteiger partial charge < -0.3 is 5.11 Å². The molecular weight excluding hydrogens is 240 g/mol. The molecule has 0 radical (unpaired) electrons. The summed E-state index contributed by atoms with van der Waals surface area (Å²) >= 11 is 6.05. The molecule has 2 aromatic rings. The molecule has 0 aliphatic carbocycles. The number of carboxylic acid groups (broad SMARTS) is 1. The Balaban J connectivity index is 2.54. The van der Waals surface area contributed by atoms with Crippen molar-refractivity contribution < 1.29 is 9.90 Å². The topological polar surface area (TPSA) is 55.1 Å². The van der Waals surface area contributed by atoms with E-state index < -0.39 is 5.97 Å². The minimum atomic E-state index is -0.988. The highest BCUT2D eigenvalue weighted by Gasteiger charge is 2.15. The molecule has 0 saturated heterocycles.